The van der Waals surface area contributed by atoms with Crippen LogP contribution >= 0.6 is 20.8 Å². The molecule has 1 aromatic heterocycles. The quantitative estimate of drug-likeness (QED) is 0.572. The Bertz CT molecular complexity index is 1180. The van der Waals surface area contributed by atoms with E-state index in [2.05, 4.69) is 24.8 Å². The first-order chi connectivity index (χ1) is 14.3. The van der Waals surface area contributed by atoms with E-state index in [1.807, 2.05) is 31.2 Å². The lowest BCUT2D eigenvalue weighted by atomic mass is 10.00. The molecule has 1 amide bonds. The lowest BCUT2D eigenvalue weighted by Crippen LogP contribution is -2.25. The Morgan fingerprint density at radius 1 is 1.33 bits per heavy atom. The largest absolute Gasteiger partial charge is 0.485 e. The topological polar surface area (TPSA) is 89.0 Å². The highest BCUT2D eigenvalue weighted by Crippen LogP contribution is 2.35. The van der Waals surface area contributed by atoms with E-state index in [1.54, 1.807) is 13.1 Å². The van der Waals surface area contributed by atoms with Gasteiger partial charge in [0.25, 0.3) is 5.91 Å². The van der Waals surface area contributed by atoms with Crippen molar-refractivity contribution in [2.45, 2.75) is 32.4 Å². The minimum absolute atomic E-state index is 0.0871. The van der Waals surface area contributed by atoms with E-state index in [0.717, 1.165) is 34.8 Å². The summed E-state index contributed by atoms with van der Waals surface area (Å²) in [6, 6.07) is 9.50. The predicted octanol–water partition coefficient (Wildman–Crippen LogP) is 2.71. The molecule has 0 spiro atoms. The van der Waals surface area contributed by atoms with Crippen molar-refractivity contribution in [1.29, 1.82) is 0 Å². The lowest BCUT2D eigenvalue weighted by Gasteiger charge is -2.16. The minimum Gasteiger partial charge on any atom is -0.485 e. The van der Waals surface area contributed by atoms with Gasteiger partial charge in [0.1, 0.15) is 12.4 Å². The zero-order valence-corrected chi connectivity index (χ0v) is 18.6. The number of aryl methyl sites for hydroxylation is 1. The van der Waals surface area contributed by atoms with Gasteiger partial charge in [-0.3, -0.25) is 9.36 Å². The van der Waals surface area contributed by atoms with Gasteiger partial charge in [-0.15, -0.1) is 9.24 Å². The van der Waals surface area contributed by atoms with Crippen LogP contribution in [-0.2, 0) is 13.7 Å². The normalized spacial score (nSPS) is 13.3. The Kier molecular flexibility index (Phi) is 5.67. The second kappa shape index (κ2) is 8.25. The highest BCUT2D eigenvalue weighted by molar-refractivity contribution is 7.28. The molecule has 2 aromatic carbocycles. The van der Waals surface area contributed by atoms with Crippen molar-refractivity contribution >= 4 is 32.1 Å². The van der Waals surface area contributed by atoms with Gasteiger partial charge in [0.2, 0.25) is 0 Å². The highest BCUT2D eigenvalue weighted by atomic mass is 35.5. The van der Waals surface area contributed by atoms with E-state index in [-0.39, 0.29) is 24.2 Å². The Morgan fingerprint density at radius 3 is 2.77 bits per heavy atom. The van der Waals surface area contributed by atoms with Crippen LogP contribution in [0.25, 0.3) is 11.1 Å². The number of amides is 1. The first kappa shape index (κ1) is 20.6. The van der Waals surface area contributed by atoms with Gasteiger partial charge >= 0.3 is 5.69 Å². The first-order valence-corrected chi connectivity index (χ1v) is 10.5. The SMILES string of the molecule is Cc1cc(OCc2n[nH]c(=O)n2C)c(-c2cc(C(=O)NC3CC3)ccc2P)cc1Cl. The third-order valence-electron chi connectivity index (χ3n) is 5.11. The Hall–Kier alpha value is -2.63. The second-order valence-corrected chi connectivity index (χ2v) is 8.47. The van der Waals surface area contributed by atoms with Crippen LogP contribution in [0.3, 0.4) is 0 Å². The molecule has 7 nitrogen and oxygen atoms in total. The van der Waals surface area contributed by atoms with Crippen LogP contribution in [-0.4, -0.2) is 26.7 Å². The van der Waals surface area contributed by atoms with Gasteiger partial charge in [0.15, 0.2) is 5.82 Å². The molecular formula is C21H22ClN4O3P. The molecule has 0 aliphatic heterocycles. The number of aromatic nitrogens is 3. The third-order valence-corrected chi connectivity index (χ3v) is 6.02. The van der Waals surface area contributed by atoms with E-state index < -0.39 is 0 Å². The van der Waals surface area contributed by atoms with Crippen molar-refractivity contribution in [2.75, 3.05) is 0 Å². The van der Waals surface area contributed by atoms with Gasteiger partial charge in [-0.2, -0.15) is 5.10 Å². The minimum atomic E-state index is -0.303. The fourth-order valence-corrected chi connectivity index (χ4v) is 3.56. The maximum absolute atomic E-state index is 12.5. The zero-order valence-electron chi connectivity index (χ0n) is 16.7. The van der Waals surface area contributed by atoms with Crippen LogP contribution in [0.2, 0.25) is 5.02 Å². The second-order valence-electron chi connectivity index (χ2n) is 7.44. The van der Waals surface area contributed by atoms with Crippen molar-refractivity contribution in [3.8, 4) is 16.9 Å². The molecule has 2 N–H and O–H groups in total. The highest BCUT2D eigenvalue weighted by Gasteiger charge is 2.24. The van der Waals surface area contributed by atoms with Gasteiger partial charge in [-0.1, -0.05) is 17.7 Å². The van der Waals surface area contributed by atoms with E-state index in [9.17, 15) is 9.59 Å². The molecule has 1 aliphatic rings. The number of nitrogens with one attached hydrogen (secondary N) is 2. The number of hydrogen-bond acceptors (Lipinski definition) is 4. The number of carbonyl (C=O) groups excluding carboxylic acids is 1. The molecule has 4 rings (SSSR count). The molecule has 0 saturated heterocycles. The molecule has 9 heteroatoms. The predicted molar refractivity (Wildman–Crippen MR) is 120 cm³/mol. The molecular weight excluding hydrogens is 423 g/mol. The number of aromatic amines is 1. The van der Waals surface area contributed by atoms with Crippen molar-refractivity contribution in [1.82, 2.24) is 20.1 Å². The summed E-state index contributed by atoms with van der Waals surface area (Å²) < 4.78 is 7.42. The van der Waals surface area contributed by atoms with Crippen LogP contribution in [0, 0.1) is 6.92 Å². The molecule has 1 atom stereocenters. The van der Waals surface area contributed by atoms with Crippen LogP contribution in [0.1, 0.15) is 34.6 Å². The number of halogens is 1. The molecule has 30 heavy (non-hydrogen) atoms. The molecule has 1 saturated carbocycles. The van der Waals surface area contributed by atoms with Gasteiger partial charge < -0.3 is 10.1 Å². The molecule has 156 valence electrons. The van der Waals surface area contributed by atoms with Crippen molar-refractivity contribution in [3.05, 3.63) is 62.8 Å². The standard InChI is InChI=1S/C21H22ClN4O3P/c1-11-7-17(29-10-19-24-25-21(28)26(19)2)14(9-16(11)22)15-8-12(3-6-18(15)30)20(27)23-13-4-5-13/h3,6-9,13H,4-5,10,30H2,1-2H3,(H,23,27)(H,25,28). The van der Waals surface area contributed by atoms with Crippen molar-refractivity contribution in [2.24, 2.45) is 7.05 Å². The van der Waals surface area contributed by atoms with E-state index >= 15 is 0 Å². The summed E-state index contributed by atoms with van der Waals surface area (Å²) in [4.78, 5) is 24.1. The summed E-state index contributed by atoms with van der Waals surface area (Å²) in [6.45, 7) is 2.00. The number of ether oxygens (including phenoxy) is 1. The number of rotatable bonds is 6. The summed E-state index contributed by atoms with van der Waals surface area (Å²) in [5, 5.41) is 10.9. The number of benzene rings is 2. The first-order valence-electron chi connectivity index (χ1n) is 9.57. The Morgan fingerprint density at radius 2 is 2.10 bits per heavy atom. The van der Waals surface area contributed by atoms with Crippen LogP contribution < -0.4 is 21.0 Å². The van der Waals surface area contributed by atoms with Crippen LogP contribution in [0.15, 0.2) is 35.1 Å². The van der Waals surface area contributed by atoms with Gasteiger partial charge in [-0.05, 0) is 60.5 Å². The Labute approximate surface area is 181 Å². The third kappa shape index (κ3) is 4.27. The maximum atomic E-state index is 12.5. The summed E-state index contributed by atoms with van der Waals surface area (Å²) in [5.41, 5.74) is 2.73. The van der Waals surface area contributed by atoms with Crippen LogP contribution in [0.5, 0.6) is 5.75 Å². The maximum Gasteiger partial charge on any atom is 0.343 e. The van der Waals surface area contributed by atoms with E-state index in [1.165, 1.54) is 4.57 Å². The Balaban J connectivity index is 1.70. The molecule has 1 aliphatic carbocycles. The summed E-state index contributed by atoms with van der Waals surface area (Å²) in [5.74, 6) is 0.981. The fourth-order valence-electron chi connectivity index (χ4n) is 3.06. The molecule has 1 fully saturated rings. The number of H-pyrrole nitrogens is 1. The number of nitrogens with zero attached hydrogens (tertiary/aromatic N) is 2. The van der Waals surface area contributed by atoms with Crippen molar-refractivity contribution < 1.29 is 9.53 Å². The van der Waals surface area contributed by atoms with Gasteiger partial charge in [0, 0.05) is 29.2 Å². The van der Waals surface area contributed by atoms with Gasteiger partial charge in [-0.25, -0.2) is 9.89 Å². The monoisotopic (exact) mass is 444 g/mol. The average molecular weight is 445 g/mol. The van der Waals surface area contributed by atoms with Crippen molar-refractivity contribution in [3.63, 3.8) is 0 Å². The summed E-state index contributed by atoms with van der Waals surface area (Å²) in [7, 11) is 4.31. The van der Waals surface area contributed by atoms with E-state index in [4.69, 9.17) is 16.3 Å². The van der Waals surface area contributed by atoms with E-state index in [0.29, 0.717) is 22.2 Å². The van der Waals surface area contributed by atoms with Crippen LogP contribution in [0.4, 0.5) is 0 Å². The zero-order chi connectivity index (χ0) is 21.4. The average Bonchev–Trinajstić information content (AvgIpc) is 3.48. The number of carbonyl (C=O) groups is 1. The molecule has 1 unspecified atom stereocenters. The summed E-state index contributed by atoms with van der Waals surface area (Å²) in [6.07, 6.45) is 2.06. The molecule has 0 bridgehead atoms. The smallest absolute Gasteiger partial charge is 0.343 e. The molecule has 0 radical (unpaired) electrons. The lowest BCUT2D eigenvalue weighted by molar-refractivity contribution is 0.0951. The summed E-state index contributed by atoms with van der Waals surface area (Å²) >= 11 is 6.41. The molecule has 1 heterocycles. The van der Waals surface area contributed by atoms with Gasteiger partial charge in [0.05, 0.1) is 0 Å². The molecule has 3 aromatic rings. The fraction of sp³-hybridized carbons (Fsp3) is 0.286. The number of hydrogen-bond donors (Lipinski definition) is 2.